The molecule has 6 heteroatoms. The number of carbonyl (C=O) groups is 1. The fourth-order valence-electron chi connectivity index (χ4n) is 3.62. The minimum atomic E-state index is -0.116. The predicted octanol–water partition coefficient (Wildman–Crippen LogP) is 3.12. The Labute approximate surface area is 151 Å². The molecular formula is C19H22N2O3S. The van der Waals surface area contributed by atoms with Crippen molar-refractivity contribution in [2.24, 2.45) is 0 Å². The molecule has 2 aromatic rings. The summed E-state index contributed by atoms with van der Waals surface area (Å²) in [7, 11) is 0. The number of amides is 1. The number of hydrogen-bond donors (Lipinski definition) is 0. The number of piperidine rings is 1. The number of rotatable bonds is 4. The predicted molar refractivity (Wildman–Crippen MR) is 95.6 cm³/mol. The number of thiophene rings is 1. The van der Waals surface area contributed by atoms with Crippen LogP contribution in [0, 0.1) is 0 Å². The van der Waals surface area contributed by atoms with Gasteiger partial charge in [0.05, 0.1) is 29.8 Å². The van der Waals surface area contributed by atoms with Gasteiger partial charge in [-0.3, -0.25) is 9.78 Å². The lowest BCUT2D eigenvalue weighted by atomic mass is 9.88. The van der Waals surface area contributed by atoms with Crippen molar-refractivity contribution in [1.82, 2.24) is 9.88 Å². The van der Waals surface area contributed by atoms with Gasteiger partial charge >= 0.3 is 0 Å². The molecule has 4 heterocycles. The first-order chi connectivity index (χ1) is 12.2. The van der Waals surface area contributed by atoms with Gasteiger partial charge in [-0.1, -0.05) is 6.07 Å². The normalized spacial score (nSPS) is 22.4. The standard InChI is InChI=1S/C19H22N2O3S/c22-18(17-2-1-11-25-17)21-9-5-19(6-10-21)12-16(14-24-19)23-13-15-3-7-20-8-4-15/h1-4,7-8,11,16H,5-6,9-10,12-14H2/t16-/m1/s1. The average Bonchev–Trinajstić information content (AvgIpc) is 3.32. The Balaban J connectivity index is 1.28. The highest BCUT2D eigenvalue weighted by Gasteiger charge is 2.43. The molecule has 4 rings (SSSR count). The van der Waals surface area contributed by atoms with E-state index in [1.54, 1.807) is 12.4 Å². The Morgan fingerprint density at radius 1 is 1.32 bits per heavy atom. The molecule has 0 unspecified atom stereocenters. The first-order valence-corrected chi connectivity index (χ1v) is 9.59. The SMILES string of the molecule is O=C(c1cccs1)N1CCC2(CC1)C[C@@H](OCc1ccncc1)CO2. The summed E-state index contributed by atoms with van der Waals surface area (Å²) in [6.45, 7) is 2.75. The van der Waals surface area contributed by atoms with E-state index in [9.17, 15) is 4.79 Å². The van der Waals surface area contributed by atoms with E-state index in [-0.39, 0.29) is 17.6 Å². The largest absolute Gasteiger partial charge is 0.372 e. The maximum absolute atomic E-state index is 12.5. The average molecular weight is 358 g/mol. The first kappa shape index (κ1) is 16.7. The Hall–Kier alpha value is -1.76. The zero-order valence-corrected chi connectivity index (χ0v) is 14.9. The summed E-state index contributed by atoms with van der Waals surface area (Å²) in [6.07, 6.45) is 6.39. The third-order valence-electron chi connectivity index (χ3n) is 5.10. The van der Waals surface area contributed by atoms with Crippen LogP contribution in [-0.2, 0) is 16.1 Å². The van der Waals surface area contributed by atoms with Crippen molar-refractivity contribution >= 4 is 17.2 Å². The second kappa shape index (κ2) is 7.23. The van der Waals surface area contributed by atoms with Gasteiger partial charge in [0.2, 0.25) is 0 Å². The van der Waals surface area contributed by atoms with Crippen LogP contribution in [0.25, 0.3) is 0 Å². The number of carbonyl (C=O) groups excluding carboxylic acids is 1. The van der Waals surface area contributed by atoms with E-state index >= 15 is 0 Å². The van der Waals surface area contributed by atoms with Gasteiger partial charge in [0.25, 0.3) is 5.91 Å². The van der Waals surface area contributed by atoms with Crippen molar-refractivity contribution < 1.29 is 14.3 Å². The smallest absolute Gasteiger partial charge is 0.263 e. The maximum Gasteiger partial charge on any atom is 0.263 e. The Kier molecular flexibility index (Phi) is 4.83. The highest BCUT2D eigenvalue weighted by molar-refractivity contribution is 7.12. The number of pyridine rings is 1. The first-order valence-electron chi connectivity index (χ1n) is 8.71. The van der Waals surface area contributed by atoms with Crippen molar-refractivity contribution in [1.29, 1.82) is 0 Å². The number of nitrogens with zero attached hydrogens (tertiary/aromatic N) is 2. The highest BCUT2D eigenvalue weighted by Crippen LogP contribution is 2.37. The van der Waals surface area contributed by atoms with E-state index in [1.807, 2.05) is 34.5 Å². The minimum Gasteiger partial charge on any atom is -0.372 e. The van der Waals surface area contributed by atoms with Crippen molar-refractivity contribution in [3.05, 3.63) is 52.5 Å². The van der Waals surface area contributed by atoms with E-state index in [1.165, 1.54) is 11.3 Å². The van der Waals surface area contributed by atoms with Gasteiger partial charge in [-0.25, -0.2) is 0 Å². The second-order valence-electron chi connectivity index (χ2n) is 6.76. The maximum atomic E-state index is 12.5. The van der Waals surface area contributed by atoms with Gasteiger partial charge in [-0.15, -0.1) is 11.3 Å². The fraction of sp³-hybridized carbons (Fsp3) is 0.474. The number of ether oxygens (including phenoxy) is 2. The quantitative estimate of drug-likeness (QED) is 0.843. The van der Waals surface area contributed by atoms with Crippen LogP contribution in [0.15, 0.2) is 42.0 Å². The minimum absolute atomic E-state index is 0.116. The lowest BCUT2D eigenvalue weighted by Crippen LogP contribution is -2.46. The molecule has 1 spiro atoms. The zero-order chi connectivity index (χ0) is 17.1. The molecule has 1 atom stereocenters. The van der Waals surface area contributed by atoms with Crippen molar-refractivity contribution in [2.45, 2.75) is 37.6 Å². The summed E-state index contributed by atoms with van der Waals surface area (Å²) in [6, 6.07) is 7.76. The molecule has 2 aromatic heterocycles. The van der Waals surface area contributed by atoms with Gasteiger partial charge < -0.3 is 14.4 Å². The Morgan fingerprint density at radius 2 is 2.12 bits per heavy atom. The summed E-state index contributed by atoms with van der Waals surface area (Å²) >= 11 is 1.51. The molecule has 0 saturated carbocycles. The number of aromatic nitrogens is 1. The lowest BCUT2D eigenvalue weighted by molar-refractivity contribution is -0.0411. The topological polar surface area (TPSA) is 51.7 Å². The van der Waals surface area contributed by atoms with Crippen molar-refractivity contribution in [3.63, 3.8) is 0 Å². The van der Waals surface area contributed by atoms with Gasteiger partial charge in [-0.2, -0.15) is 0 Å². The molecule has 2 saturated heterocycles. The van der Waals surface area contributed by atoms with Crippen LogP contribution in [0.5, 0.6) is 0 Å². The van der Waals surface area contributed by atoms with Crippen molar-refractivity contribution in [2.75, 3.05) is 19.7 Å². The summed E-state index contributed by atoms with van der Waals surface area (Å²) in [5.74, 6) is 0.147. The molecule has 0 N–H and O–H groups in total. The third kappa shape index (κ3) is 3.76. The zero-order valence-electron chi connectivity index (χ0n) is 14.1. The van der Waals surface area contributed by atoms with E-state index in [0.29, 0.717) is 13.2 Å². The molecule has 0 bridgehead atoms. The molecule has 2 fully saturated rings. The highest BCUT2D eigenvalue weighted by atomic mass is 32.1. The van der Waals surface area contributed by atoms with E-state index < -0.39 is 0 Å². The van der Waals surface area contributed by atoms with Crippen LogP contribution in [-0.4, -0.2) is 47.2 Å². The van der Waals surface area contributed by atoms with Crippen LogP contribution in [0.3, 0.4) is 0 Å². The fourth-order valence-corrected chi connectivity index (χ4v) is 4.32. The Bertz CT molecular complexity index is 697. The molecule has 132 valence electrons. The third-order valence-corrected chi connectivity index (χ3v) is 5.96. The molecule has 2 aliphatic heterocycles. The number of hydrogen-bond acceptors (Lipinski definition) is 5. The van der Waals surface area contributed by atoms with E-state index in [0.717, 1.165) is 42.8 Å². The summed E-state index contributed by atoms with van der Waals surface area (Å²) < 4.78 is 12.1. The molecule has 0 radical (unpaired) electrons. The van der Waals surface area contributed by atoms with Gasteiger partial charge in [0.15, 0.2) is 0 Å². The second-order valence-corrected chi connectivity index (χ2v) is 7.70. The van der Waals surface area contributed by atoms with Gasteiger partial charge in [0.1, 0.15) is 0 Å². The summed E-state index contributed by atoms with van der Waals surface area (Å²) in [5, 5.41) is 1.95. The summed E-state index contributed by atoms with van der Waals surface area (Å²) in [5.41, 5.74) is 1.02. The molecular weight excluding hydrogens is 336 g/mol. The van der Waals surface area contributed by atoms with Crippen LogP contribution < -0.4 is 0 Å². The molecule has 2 aliphatic rings. The molecule has 0 aromatic carbocycles. The van der Waals surface area contributed by atoms with Gasteiger partial charge in [-0.05, 0) is 42.0 Å². The molecule has 1 amide bonds. The number of likely N-dealkylation sites (tertiary alicyclic amines) is 1. The monoisotopic (exact) mass is 358 g/mol. The lowest BCUT2D eigenvalue weighted by Gasteiger charge is -2.38. The molecule has 25 heavy (non-hydrogen) atoms. The van der Waals surface area contributed by atoms with E-state index in [2.05, 4.69) is 4.98 Å². The van der Waals surface area contributed by atoms with Crippen LogP contribution in [0.2, 0.25) is 0 Å². The molecule has 5 nitrogen and oxygen atoms in total. The van der Waals surface area contributed by atoms with Gasteiger partial charge in [0, 0.05) is 31.9 Å². The molecule has 0 aliphatic carbocycles. The van der Waals surface area contributed by atoms with Crippen molar-refractivity contribution in [3.8, 4) is 0 Å². The van der Waals surface area contributed by atoms with Crippen LogP contribution in [0.1, 0.15) is 34.5 Å². The van der Waals surface area contributed by atoms with Crippen LogP contribution in [0.4, 0.5) is 0 Å². The van der Waals surface area contributed by atoms with E-state index in [4.69, 9.17) is 9.47 Å². The summed E-state index contributed by atoms with van der Waals surface area (Å²) in [4.78, 5) is 19.2. The Morgan fingerprint density at radius 3 is 2.84 bits per heavy atom. The van der Waals surface area contributed by atoms with Crippen LogP contribution >= 0.6 is 11.3 Å².